The molecule has 0 unspecified atom stereocenters. The summed E-state index contributed by atoms with van der Waals surface area (Å²) in [5.74, 6) is 0.984. The Morgan fingerprint density at radius 3 is 2.05 bits per heavy atom. The van der Waals surface area contributed by atoms with Crippen molar-refractivity contribution in [1.29, 1.82) is 0 Å². The van der Waals surface area contributed by atoms with Crippen LogP contribution in [0.1, 0.15) is 37.0 Å². The van der Waals surface area contributed by atoms with E-state index in [1.54, 1.807) is 32.4 Å². The molecular formula is C15H24N2O3. The van der Waals surface area contributed by atoms with Crippen molar-refractivity contribution in [2.75, 3.05) is 20.8 Å². The van der Waals surface area contributed by atoms with Gasteiger partial charge in [-0.3, -0.25) is 4.79 Å². The maximum Gasteiger partial charge on any atom is 0.251 e. The fourth-order valence-electron chi connectivity index (χ4n) is 1.80. The van der Waals surface area contributed by atoms with E-state index in [1.165, 1.54) is 0 Å². The lowest BCUT2D eigenvalue weighted by atomic mass is 9.94. The molecule has 0 radical (unpaired) electrons. The zero-order valence-corrected chi connectivity index (χ0v) is 12.7. The number of nitrogens with one attached hydrogen (secondary N) is 1. The van der Waals surface area contributed by atoms with Gasteiger partial charge in [-0.2, -0.15) is 0 Å². The number of benzene rings is 1. The smallest absolute Gasteiger partial charge is 0.251 e. The average Bonchev–Trinajstić information content (AvgIpc) is 2.51. The van der Waals surface area contributed by atoms with Gasteiger partial charge in [-0.1, -0.05) is 13.8 Å². The number of rotatable bonds is 7. The van der Waals surface area contributed by atoms with Crippen molar-refractivity contribution in [1.82, 2.24) is 5.32 Å². The monoisotopic (exact) mass is 280 g/mol. The highest BCUT2D eigenvalue weighted by atomic mass is 16.5. The van der Waals surface area contributed by atoms with Crippen molar-refractivity contribution in [3.63, 3.8) is 0 Å². The van der Waals surface area contributed by atoms with Gasteiger partial charge in [0.25, 0.3) is 5.91 Å². The molecule has 0 aliphatic rings. The minimum Gasteiger partial charge on any atom is -0.497 e. The Labute approximate surface area is 120 Å². The van der Waals surface area contributed by atoms with Gasteiger partial charge in [0.1, 0.15) is 11.5 Å². The molecule has 0 fully saturated rings. The number of methoxy groups -OCH3 is 2. The fraction of sp³-hybridized carbons (Fsp3) is 0.533. The van der Waals surface area contributed by atoms with E-state index in [9.17, 15) is 4.79 Å². The van der Waals surface area contributed by atoms with Crippen LogP contribution in [0.4, 0.5) is 0 Å². The van der Waals surface area contributed by atoms with Crippen LogP contribution in [-0.2, 0) is 0 Å². The first kappa shape index (κ1) is 16.3. The van der Waals surface area contributed by atoms with Crippen LogP contribution in [0.3, 0.4) is 0 Å². The lowest BCUT2D eigenvalue weighted by Gasteiger charge is -2.26. The van der Waals surface area contributed by atoms with Crippen LogP contribution in [-0.4, -0.2) is 32.2 Å². The second kappa shape index (κ2) is 7.14. The summed E-state index contributed by atoms with van der Waals surface area (Å²) >= 11 is 0. The van der Waals surface area contributed by atoms with E-state index in [2.05, 4.69) is 5.32 Å². The van der Waals surface area contributed by atoms with Gasteiger partial charge in [0.15, 0.2) is 0 Å². The van der Waals surface area contributed by atoms with Crippen LogP contribution >= 0.6 is 0 Å². The first-order valence-electron chi connectivity index (χ1n) is 6.78. The van der Waals surface area contributed by atoms with Crippen molar-refractivity contribution in [3.8, 4) is 11.5 Å². The van der Waals surface area contributed by atoms with Crippen LogP contribution < -0.4 is 20.5 Å². The van der Waals surface area contributed by atoms with Crippen molar-refractivity contribution in [2.45, 2.75) is 32.2 Å². The third-order valence-corrected chi connectivity index (χ3v) is 3.62. The molecular weight excluding hydrogens is 256 g/mol. The molecule has 0 bridgehead atoms. The summed E-state index contributed by atoms with van der Waals surface area (Å²) in [4.78, 5) is 12.2. The first-order chi connectivity index (χ1) is 9.47. The van der Waals surface area contributed by atoms with Crippen LogP contribution in [0, 0.1) is 0 Å². The number of ether oxygens (including phenoxy) is 2. The summed E-state index contributed by atoms with van der Waals surface area (Å²) in [6.07, 6.45) is 1.62. The third kappa shape index (κ3) is 4.13. The maximum atomic E-state index is 12.2. The number of carbonyl (C=O) groups is 1. The van der Waals surface area contributed by atoms with Gasteiger partial charge in [0.2, 0.25) is 0 Å². The second-order valence-corrected chi connectivity index (χ2v) is 4.85. The summed E-state index contributed by atoms with van der Waals surface area (Å²) < 4.78 is 10.3. The third-order valence-electron chi connectivity index (χ3n) is 3.62. The van der Waals surface area contributed by atoms with Gasteiger partial charge in [-0.15, -0.1) is 0 Å². The van der Waals surface area contributed by atoms with E-state index >= 15 is 0 Å². The molecule has 1 aromatic carbocycles. The predicted molar refractivity (Wildman–Crippen MR) is 79.4 cm³/mol. The number of hydrogen-bond acceptors (Lipinski definition) is 4. The highest BCUT2D eigenvalue weighted by Gasteiger charge is 2.21. The SMILES string of the molecule is CCC(N)(CC)CNC(=O)c1cc(OC)cc(OC)c1. The molecule has 0 aliphatic carbocycles. The minimum absolute atomic E-state index is 0.182. The molecule has 0 aromatic heterocycles. The van der Waals surface area contributed by atoms with Crippen molar-refractivity contribution >= 4 is 5.91 Å². The zero-order chi connectivity index (χ0) is 15.2. The van der Waals surface area contributed by atoms with Gasteiger partial charge in [-0.25, -0.2) is 0 Å². The Balaban J connectivity index is 2.82. The Kier molecular flexibility index (Phi) is 5.82. The molecule has 0 spiro atoms. The Morgan fingerprint density at radius 1 is 1.15 bits per heavy atom. The molecule has 5 nitrogen and oxygen atoms in total. The van der Waals surface area contributed by atoms with Gasteiger partial charge in [-0.05, 0) is 25.0 Å². The normalized spacial score (nSPS) is 11.1. The average molecular weight is 280 g/mol. The molecule has 0 heterocycles. The number of amides is 1. The highest BCUT2D eigenvalue weighted by molar-refractivity contribution is 5.95. The maximum absolute atomic E-state index is 12.2. The standard InChI is InChI=1S/C15H24N2O3/c1-5-15(16,6-2)10-17-14(18)11-7-12(19-3)9-13(8-11)20-4/h7-9H,5-6,10,16H2,1-4H3,(H,17,18). The summed E-state index contributed by atoms with van der Waals surface area (Å²) in [6.45, 7) is 4.48. The van der Waals surface area contributed by atoms with E-state index < -0.39 is 0 Å². The molecule has 1 aromatic rings. The first-order valence-corrected chi connectivity index (χ1v) is 6.78. The molecule has 1 rings (SSSR count). The highest BCUT2D eigenvalue weighted by Crippen LogP contribution is 2.22. The summed E-state index contributed by atoms with van der Waals surface area (Å²) in [5, 5.41) is 2.87. The molecule has 112 valence electrons. The van der Waals surface area contributed by atoms with Gasteiger partial charge in [0.05, 0.1) is 14.2 Å². The number of carbonyl (C=O) groups excluding carboxylic acids is 1. The number of nitrogens with two attached hydrogens (primary N) is 1. The molecule has 0 saturated heterocycles. The van der Waals surface area contributed by atoms with Crippen molar-refractivity contribution in [3.05, 3.63) is 23.8 Å². The van der Waals surface area contributed by atoms with Crippen molar-refractivity contribution < 1.29 is 14.3 Å². The Morgan fingerprint density at radius 2 is 1.65 bits per heavy atom. The van der Waals surface area contributed by atoms with Gasteiger partial charge in [0, 0.05) is 23.7 Å². The predicted octanol–water partition coefficient (Wildman–Crippen LogP) is 1.95. The van der Waals surface area contributed by atoms with E-state index in [0.717, 1.165) is 12.8 Å². The Bertz CT molecular complexity index is 434. The molecule has 3 N–H and O–H groups in total. The minimum atomic E-state index is -0.362. The molecule has 0 aliphatic heterocycles. The summed E-state index contributed by atoms with van der Waals surface area (Å²) in [6, 6.07) is 5.07. The van der Waals surface area contributed by atoms with Crippen LogP contribution in [0.2, 0.25) is 0 Å². The van der Waals surface area contributed by atoms with E-state index in [4.69, 9.17) is 15.2 Å². The lowest BCUT2D eigenvalue weighted by molar-refractivity contribution is 0.0941. The fourth-order valence-corrected chi connectivity index (χ4v) is 1.80. The molecule has 1 amide bonds. The lowest BCUT2D eigenvalue weighted by Crippen LogP contribution is -2.49. The summed E-state index contributed by atoms with van der Waals surface area (Å²) in [7, 11) is 3.10. The largest absolute Gasteiger partial charge is 0.497 e. The van der Waals surface area contributed by atoms with Crippen molar-refractivity contribution in [2.24, 2.45) is 5.73 Å². The summed E-state index contributed by atoms with van der Waals surface area (Å²) in [5.41, 5.74) is 6.30. The Hall–Kier alpha value is -1.75. The zero-order valence-electron chi connectivity index (χ0n) is 12.7. The molecule has 0 atom stereocenters. The molecule has 5 heteroatoms. The van der Waals surface area contributed by atoms with Gasteiger partial charge >= 0.3 is 0 Å². The quantitative estimate of drug-likeness (QED) is 0.800. The van der Waals surface area contributed by atoms with E-state index in [0.29, 0.717) is 23.6 Å². The molecule has 0 saturated carbocycles. The van der Waals surface area contributed by atoms with Gasteiger partial charge < -0.3 is 20.5 Å². The van der Waals surface area contributed by atoms with Crippen LogP contribution in [0.5, 0.6) is 11.5 Å². The number of hydrogen-bond donors (Lipinski definition) is 2. The molecule has 20 heavy (non-hydrogen) atoms. The van der Waals surface area contributed by atoms with E-state index in [1.807, 2.05) is 13.8 Å². The second-order valence-electron chi connectivity index (χ2n) is 4.85. The topological polar surface area (TPSA) is 73.6 Å². The van der Waals surface area contributed by atoms with Crippen LogP contribution in [0.15, 0.2) is 18.2 Å². The van der Waals surface area contributed by atoms with E-state index in [-0.39, 0.29) is 11.4 Å². The van der Waals surface area contributed by atoms with Crippen LogP contribution in [0.25, 0.3) is 0 Å².